The second-order valence-electron chi connectivity index (χ2n) is 6.23. The van der Waals surface area contributed by atoms with Crippen LogP contribution in [-0.2, 0) is 11.0 Å². The fraction of sp³-hybridized carbons (Fsp3) is 0.467. The zero-order chi connectivity index (χ0) is 14.3. The molecule has 1 atom stereocenters. The molecular formula is C15H19N3OS. The van der Waals surface area contributed by atoms with Crippen LogP contribution in [-0.4, -0.2) is 24.7 Å². The van der Waals surface area contributed by atoms with Crippen molar-refractivity contribution in [2.24, 2.45) is 4.40 Å². The summed E-state index contributed by atoms with van der Waals surface area (Å²) in [5.41, 5.74) is 3.08. The summed E-state index contributed by atoms with van der Waals surface area (Å²) < 4.78 is 18.0. The molecular weight excluding hydrogens is 270 g/mol. The van der Waals surface area contributed by atoms with Crippen molar-refractivity contribution in [3.8, 4) is 0 Å². The summed E-state index contributed by atoms with van der Waals surface area (Å²) >= 11 is 0. The Kier molecular flexibility index (Phi) is 3.24. The quantitative estimate of drug-likeness (QED) is 0.814. The molecule has 1 fully saturated rings. The maximum absolute atomic E-state index is 11.9. The number of fused-ring (bicyclic) bond motifs is 1. The van der Waals surface area contributed by atoms with Crippen molar-refractivity contribution >= 4 is 28.2 Å². The average molecular weight is 289 g/mol. The van der Waals surface area contributed by atoms with Crippen LogP contribution in [0, 0.1) is 0 Å². The first-order valence-electron chi connectivity index (χ1n) is 6.88. The zero-order valence-corrected chi connectivity index (χ0v) is 12.9. The van der Waals surface area contributed by atoms with Crippen LogP contribution in [0.1, 0.15) is 45.2 Å². The third kappa shape index (κ3) is 2.68. The summed E-state index contributed by atoms with van der Waals surface area (Å²) in [5, 5.41) is 0. The van der Waals surface area contributed by atoms with Crippen LogP contribution < -0.4 is 0 Å². The first-order valence-corrected chi connectivity index (χ1v) is 7.98. The first kappa shape index (κ1) is 13.5. The van der Waals surface area contributed by atoms with Crippen LogP contribution in [0.2, 0.25) is 0 Å². The van der Waals surface area contributed by atoms with Crippen LogP contribution in [0.3, 0.4) is 0 Å². The molecule has 3 rings (SSSR count). The highest BCUT2D eigenvalue weighted by Crippen LogP contribution is 2.37. The van der Waals surface area contributed by atoms with E-state index in [4.69, 9.17) is 0 Å². The van der Waals surface area contributed by atoms with Gasteiger partial charge in [0.15, 0.2) is 0 Å². The summed E-state index contributed by atoms with van der Waals surface area (Å²) in [7, 11) is -1.22. The Morgan fingerprint density at radius 2 is 2.15 bits per heavy atom. The van der Waals surface area contributed by atoms with Crippen molar-refractivity contribution in [1.82, 2.24) is 9.55 Å². The molecule has 1 saturated carbocycles. The van der Waals surface area contributed by atoms with E-state index in [1.807, 2.05) is 39.2 Å². The van der Waals surface area contributed by atoms with Gasteiger partial charge >= 0.3 is 0 Å². The highest BCUT2D eigenvalue weighted by Gasteiger charge is 2.24. The van der Waals surface area contributed by atoms with E-state index in [0.29, 0.717) is 6.04 Å². The van der Waals surface area contributed by atoms with Crippen LogP contribution in [0.25, 0.3) is 11.0 Å². The predicted octanol–water partition coefficient (Wildman–Crippen LogP) is 3.25. The second kappa shape index (κ2) is 4.81. The lowest BCUT2D eigenvalue weighted by Gasteiger charge is -2.12. The Labute approximate surface area is 121 Å². The molecule has 0 bridgehead atoms. The SMILES string of the molecule is CC(C)(C)S(=O)N=Cc1ccc2c(c1)ncn2C1CC1. The Bertz CT molecular complexity index is 693. The van der Waals surface area contributed by atoms with Gasteiger partial charge in [0.25, 0.3) is 0 Å². The van der Waals surface area contributed by atoms with Crippen LogP contribution in [0.5, 0.6) is 0 Å². The molecule has 1 aliphatic carbocycles. The fourth-order valence-corrected chi connectivity index (χ4v) is 2.57. The number of rotatable bonds is 3. The summed E-state index contributed by atoms with van der Waals surface area (Å²) in [4.78, 5) is 4.44. The minimum atomic E-state index is -1.22. The second-order valence-corrected chi connectivity index (χ2v) is 8.16. The van der Waals surface area contributed by atoms with Crippen molar-refractivity contribution in [3.63, 3.8) is 0 Å². The lowest BCUT2D eigenvalue weighted by molar-refractivity contribution is 0.651. The smallest absolute Gasteiger partial charge is 0.144 e. The lowest BCUT2D eigenvalue weighted by atomic mass is 10.2. The maximum Gasteiger partial charge on any atom is 0.144 e. The minimum absolute atomic E-state index is 0.325. The van der Waals surface area contributed by atoms with E-state index in [-0.39, 0.29) is 4.75 Å². The number of benzene rings is 1. The third-order valence-corrected chi connectivity index (χ3v) is 4.71. The first-order chi connectivity index (χ1) is 9.45. The topological polar surface area (TPSA) is 47.2 Å². The Balaban J connectivity index is 1.86. The van der Waals surface area contributed by atoms with E-state index >= 15 is 0 Å². The lowest BCUT2D eigenvalue weighted by Crippen LogP contribution is -2.19. The predicted molar refractivity (Wildman–Crippen MR) is 83.5 cm³/mol. The molecule has 5 heteroatoms. The van der Waals surface area contributed by atoms with Gasteiger partial charge in [-0.05, 0) is 51.3 Å². The molecule has 0 amide bonds. The molecule has 1 aromatic heterocycles. The van der Waals surface area contributed by atoms with Gasteiger partial charge in [-0.25, -0.2) is 9.19 Å². The van der Waals surface area contributed by atoms with Gasteiger partial charge in [-0.15, -0.1) is 0 Å². The minimum Gasteiger partial charge on any atom is -0.327 e. The summed E-state index contributed by atoms with van der Waals surface area (Å²) in [5.74, 6) is 0. The van der Waals surface area contributed by atoms with E-state index < -0.39 is 11.0 Å². The Hall–Kier alpha value is -1.49. The molecule has 0 radical (unpaired) electrons. The molecule has 1 unspecified atom stereocenters. The maximum atomic E-state index is 11.9. The molecule has 0 N–H and O–H groups in total. The van der Waals surface area contributed by atoms with Crippen molar-refractivity contribution in [2.75, 3.05) is 0 Å². The molecule has 106 valence electrons. The standard InChI is InChI=1S/C15H19N3OS/c1-15(2,3)20(19)17-9-11-4-7-14-13(8-11)16-10-18(14)12-5-6-12/h4,7-10,12H,5-6H2,1-3H3. The average Bonchev–Trinajstić information content (AvgIpc) is 3.15. The van der Waals surface area contributed by atoms with E-state index in [9.17, 15) is 4.21 Å². The highest BCUT2D eigenvalue weighted by atomic mass is 32.2. The van der Waals surface area contributed by atoms with E-state index in [1.165, 1.54) is 18.4 Å². The van der Waals surface area contributed by atoms with Gasteiger partial charge < -0.3 is 4.57 Å². The molecule has 1 aromatic carbocycles. The van der Waals surface area contributed by atoms with Crippen LogP contribution >= 0.6 is 0 Å². The van der Waals surface area contributed by atoms with E-state index in [1.54, 1.807) is 6.21 Å². The van der Waals surface area contributed by atoms with Gasteiger partial charge in [0.1, 0.15) is 11.0 Å². The van der Waals surface area contributed by atoms with Crippen molar-refractivity contribution < 1.29 is 4.21 Å². The molecule has 4 nitrogen and oxygen atoms in total. The Morgan fingerprint density at radius 1 is 1.40 bits per heavy atom. The van der Waals surface area contributed by atoms with Crippen LogP contribution in [0.4, 0.5) is 0 Å². The fourth-order valence-electron chi connectivity index (χ4n) is 2.04. The summed E-state index contributed by atoms with van der Waals surface area (Å²) in [6, 6.07) is 6.71. The van der Waals surface area contributed by atoms with E-state index in [2.05, 4.69) is 20.0 Å². The number of nitrogens with zero attached hydrogens (tertiary/aromatic N) is 3. The number of aromatic nitrogens is 2. The molecule has 1 heterocycles. The number of hydrogen-bond donors (Lipinski definition) is 0. The number of imidazole rings is 1. The molecule has 0 saturated heterocycles. The summed E-state index contributed by atoms with van der Waals surface area (Å²) in [6.45, 7) is 5.75. The van der Waals surface area contributed by atoms with Gasteiger partial charge in [0.2, 0.25) is 0 Å². The van der Waals surface area contributed by atoms with Crippen molar-refractivity contribution in [1.29, 1.82) is 0 Å². The molecule has 1 aliphatic rings. The number of hydrogen-bond acceptors (Lipinski definition) is 2. The molecule has 0 spiro atoms. The van der Waals surface area contributed by atoms with Crippen LogP contribution in [0.15, 0.2) is 28.9 Å². The molecule has 2 aromatic rings. The monoisotopic (exact) mass is 289 g/mol. The van der Waals surface area contributed by atoms with Gasteiger partial charge in [0, 0.05) is 12.3 Å². The van der Waals surface area contributed by atoms with Crippen molar-refractivity contribution in [3.05, 3.63) is 30.1 Å². The van der Waals surface area contributed by atoms with Crippen molar-refractivity contribution in [2.45, 2.75) is 44.4 Å². The normalized spacial score (nSPS) is 17.9. The Morgan fingerprint density at radius 3 is 2.80 bits per heavy atom. The van der Waals surface area contributed by atoms with E-state index in [0.717, 1.165) is 11.1 Å². The van der Waals surface area contributed by atoms with Gasteiger partial charge in [-0.3, -0.25) is 0 Å². The van der Waals surface area contributed by atoms with Gasteiger partial charge in [0.05, 0.1) is 22.1 Å². The van der Waals surface area contributed by atoms with Gasteiger partial charge in [-0.2, -0.15) is 4.40 Å². The molecule has 20 heavy (non-hydrogen) atoms. The largest absolute Gasteiger partial charge is 0.327 e. The zero-order valence-electron chi connectivity index (χ0n) is 12.0. The highest BCUT2D eigenvalue weighted by molar-refractivity contribution is 7.85. The summed E-state index contributed by atoms with van der Waals surface area (Å²) in [6.07, 6.45) is 6.09. The third-order valence-electron chi connectivity index (χ3n) is 3.36. The van der Waals surface area contributed by atoms with Gasteiger partial charge in [-0.1, -0.05) is 6.07 Å². The molecule has 0 aliphatic heterocycles.